The van der Waals surface area contributed by atoms with Crippen LogP contribution >= 0.6 is 0 Å². The first-order valence-corrected chi connectivity index (χ1v) is 7.15. The highest BCUT2D eigenvalue weighted by Crippen LogP contribution is 2.29. The van der Waals surface area contributed by atoms with E-state index in [2.05, 4.69) is 24.1 Å². The number of rotatable bonds is 7. The predicted octanol–water partition coefficient (Wildman–Crippen LogP) is 3.63. The number of hydrogen-bond donors (Lipinski definition) is 1. The molecular weight excluding hydrogens is 264 g/mol. The molecule has 112 valence electrons. The van der Waals surface area contributed by atoms with Crippen LogP contribution in [0, 0.1) is 5.92 Å². The molecule has 0 saturated carbocycles. The molecule has 0 aliphatic carbocycles. The van der Waals surface area contributed by atoms with E-state index in [0.717, 1.165) is 18.7 Å². The van der Waals surface area contributed by atoms with Gasteiger partial charge in [0.15, 0.2) is 11.5 Å². The zero-order chi connectivity index (χ0) is 15.1. The van der Waals surface area contributed by atoms with Crippen molar-refractivity contribution in [2.45, 2.75) is 20.4 Å². The van der Waals surface area contributed by atoms with Crippen molar-refractivity contribution in [3.8, 4) is 17.4 Å². The van der Waals surface area contributed by atoms with Crippen LogP contribution < -0.4 is 14.8 Å². The first-order chi connectivity index (χ1) is 10.2. The van der Waals surface area contributed by atoms with Gasteiger partial charge >= 0.3 is 0 Å². The fourth-order valence-corrected chi connectivity index (χ4v) is 1.90. The monoisotopic (exact) mass is 286 g/mol. The predicted molar refractivity (Wildman–Crippen MR) is 83.8 cm³/mol. The summed E-state index contributed by atoms with van der Waals surface area (Å²) in [5.41, 5.74) is 1.14. The molecule has 0 atom stereocenters. The minimum Gasteiger partial charge on any atom is -0.493 e. The van der Waals surface area contributed by atoms with Gasteiger partial charge in [-0.05, 0) is 30.2 Å². The summed E-state index contributed by atoms with van der Waals surface area (Å²) in [7, 11) is 1.62. The number of pyridine rings is 1. The van der Waals surface area contributed by atoms with E-state index in [0.29, 0.717) is 23.3 Å². The molecule has 1 N–H and O–H groups in total. The van der Waals surface area contributed by atoms with Crippen molar-refractivity contribution in [1.82, 2.24) is 10.3 Å². The van der Waals surface area contributed by atoms with E-state index in [1.807, 2.05) is 42.6 Å². The average Bonchev–Trinajstić information content (AvgIpc) is 2.49. The maximum atomic E-state index is 5.74. The third kappa shape index (κ3) is 4.76. The van der Waals surface area contributed by atoms with Crippen molar-refractivity contribution < 1.29 is 9.47 Å². The van der Waals surface area contributed by atoms with Crippen LogP contribution in [0.1, 0.15) is 19.4 Å². The number of benzene rings is 1. The summed E-state index contributed by atoms with van der Waals surface area (Å²) >= 11 is 0. The third-order valence-electron chi connectivity index (χ3n) is 2.96. The van der Waals surface area contributed by atoms with Crippen LogP contribution in [0.4, 0.5) is 0 Å². The van der Waals surface area contributed by atoms with Crippen LogP contribution in [0.25, 0.3) is 0 Å². The fraction of sp³-hybridized carbons (Fsp3) is 0.353. The van der Waals surface area contributed by atoms with Crippen molar-refractivity contribution in [3.63, 3.8) is 0 Å². The molecule has 1 aromatic carbocycles. The third-order valence-corrected chi connectivity index (χ3v) is 2.96. The quantitative estimate of drug-likeness (QED) is 0.844. The SMILES string of the molecule is COc1ccccc1Oc1ccc(CNCC(C)C)cn1. The second kappa shape index (κ2) is 7.64. The number of para-hydroxylation sites is 2. The van der Waals surface area contributed by atoms with Gasteiger partial charge in [0.05, 0.1) is 7.11 Å². The standard InChI is InChI=1S/C17H22N2O2/c1-13(2)10-18-11-14-8-9-17(19-12-14)21-16-7-5-4-6-15(16)20-3/h4-9,12-13,18H,10-11H2,1-3H3. The highest BCUT2D eigenvalue weighted by atomic mass is 16.5. The lowest BCUT2D eigenvalue weighted by Crippen LogP contribution is -2.18. The van der Waals surface area contributed by atoms with Gasteiger partial charge in [-0.3, -0.25) is 0 Å². The Balaban J connectivity index is 1.96. The van der Waals surface area contributed by atoms with Gasteiger partial charge in [0.1, 0.15) is 0 Å². The molecule has 0 bridgehead atoms. The zero-order valence-corrected chi connectivity index (χ0v) is 12.8. The summed E-state index contributed by atoms with van der Waals surface area (Å²) in [4.78, 5) is 4.33. The van der Waals surface area contributed by atoms with Crippen molar-refractivity contribution in [1.29, 1.82) is 0 Å². The van der Waals surface area contributed by atoms with Crippen LogP contribution in [0.2, 0.25) is 0 Å². The van der Waals surface area contributed by atoms with Crippen LogP contribution in [-0.4, -0.2) is 18.6 Å². The van der Waals surface area contributed by atoms with Gasteiger partial charge in [0.25, 0.3) is 0 Å². The number of nitrogens with one attached hydrogen (secondary N) is 1. The Hall–Kier alpha value is -2.07. The average molecular weight is 286 g/mol. The Labute approximate surface area is 126 Å². The molecule has 4 nitrogen and oxygen atoms in total. The van der Waals surface area contributed by atoms with Crippen LogP contribution in [0.15, 0.2) is 42.6 Å². The second-order valence-corrected chi connectivity index (χ2v) is 5.28. The van der Waals surface area contributed by atoms with E-state index >= 15 is 0 Å². The molecule has 2 rings (SSSR count). The number of aromatic nitrogens is 1. The lowest BCUT2D eigenvalue weighted by Gasteiger charge is -2.10. The first kappa shape index (κ1) is 15.3. The fourth-order valence-electron chi connectivity index (χ4n) is 1.90. The summed E-state index contributed by atoms with van der Waals surface area (Å²) in [5.74, 6) is 2.57. The smallest absolute Gasteiger partial charge is 0.219 e. The van der Waals surface area contributed by atoms with Gasteiger partial charge in [-0.15, -0.1) is 0 Å². The molecule has 1 heterocycles. The Morgan fingerprint density at radius 1 is 1.10 bits per heavy atom. The summed E-state index contributed by atoms with van der Waals surface area (Å²) in [6, 6.07) is 11.4. The first-order valence-electron chi connectivity index (χ1n) is 7.15. The van der Waals surface area contributed by atoms with Gasteiger partial charge < -0.3 is 14.8 Å². The Kier molecular flexibility index (Phi) is 5.58. The van der Waals surface area contributed by atoms with Gasteiger partial charge in [0, 0.05) is 18.8 Å². The van der Waals surface area contributed by atoms with Crippen LogP contribution in [0.5, 0.6) is 17.4 Å². The number of methoxy groups -OCH3 is 1. The molecule has 0 aliphatic rings. The van der Waals surface area contributed by atoms with Crippen molar-refractivity contribution in [3.05, 3.63) is 48.2 Å². The normalized spacial score (nSPS) is 10.7. The lowest BCUT2D eigenvalue weighted by molar-refractivity contribution is 0.374. The maximum absolute atomic E-state index is 5.74. The topological polar surface area (TPSA) is 43.4 Å². The zero-order valence-electron chi connectivity index (χ0n) is 12.8. The maximum Gasteiger partial charge on any atom is 0.219 e. The molecule has 0 unspecified atom stereocenters. The van der Waals surface area contributed by atoms with E-state index in [-0.39, 0.29) is 0 Å². The second-order valence-electron chi connectivity index (χ2n) is 5.28. The van der Waals surface area contributed by atoms with Crippen LogP contribution in [-0.2, 0) is 6.54 Å². The van der Waals surface area contributed by atoms with E-state index < -0.39 is 0 Å². The molecule has 2 aromatic rings. The summed E-state index contributed by atoms with van der Waals surface area (Å²) < 4.78 is 11.0. The Morgan fingerprint density at radius 2 is 1.86 bits per heavy atom. The largest absolute Gasteiger partial charge is 0.493 e. The van der Waals surface area contributed by atoms with Crippen molar-refractivity contribution in [2.24, 2.45) is 5.92 Å². The molecule has 0 spiro atoms. The summed E-state index contributed by atoms with van der Waals surface area (Å²) in [5, 5.41) is 3.39. The molecule has 0 radical (unpaired) electrons. The van der Waals surface area contributed by atoms with Gasteiger partial charge in [-0.1, -0.05) is 32.0 Å². The van der Waals surface area contributed by atoms with Crippen molar-refractivity contribution >= 4 is 0 Å². The van der Waals surface area contributed by atoms with E-state index in [4.69, 9.17) is 9.47 Å². The minimum absolute atomic E-state index is 0.562. The molecule has 0 saturated heterocycles. The van der Waals surface area contributed by atoms with Crippen LogP contribution in [0.3, 0.4) is 0 Å². The molecule has 0 amide bonds. The molecule has 21 heavy (non-hydrogen) atoms. The molecular formula is C17H22N2O2. The summed E-state index contributed by atoms with van der Waals surface area (Å²) in [6.07, 6.45) is 1.83. The Morgan fingerprint density at radius 3 is 2.48 bits per heavy atom. The van der Waals surface area contributed by atoms with Gasteiger partial charge in [-0.25, -0.2) is 4.98 Å². The highest BCUT2D eigenvalue weighted by Gasteiger charge is 2.05. The molecule has 1 aromatic heterocycles. The lowest BCUT2D eigenvalue weighted by atomic mass is 10.2. The van der Waals surface area contributed by atoms with E-state index in [1.54, 1.807) is 7.11 Å². The number of hydrogen-bond acceptors (Lipinski definition) is 4. The highest BCUT2D eigenvalue weighted by molar-refractivity contribution is 5.41. The molecule has 0 fully saturated rings. The number of ether oxygens (including phenoxy) is 2. The van der Waals surface area contributed by atoms with Gasteiger partial charge in [0.2, 0.25) is 5.88 Å². The van der Waals surface area contributed by atoms with E-state index in [1.165, 1.54) is 0 Å². The molecule has 4 heteroatoms. The van der Waals surface area contributed by atoms with Crippen molar-refractivity contribution in [2.75, 3.05) is 13.7 Å². The minimum atomic E-state index is 0.562. The van der Waals surface area contributed by atoms with E-state index in [9.17, 15) is 0 Å². The van der Waals surface area contributed by atoms with Gasteiger partial charge in [-0.2, -0.15) is 0 Å². The molecule has 0 aliphatic heterocycles. The number of nitrogens with zero attached hydrogens (tertiary/aromatic N) is 1. The summed E-state index contributed by atoms with van der Waals surface area (Å²) in [6.45, 7) is 6.20. The Bertz CT molecular complexity index is 553.